The average Bonchev–Trinajstić information content (AvgIpc) is 3.10. The number of hydrogen-bond acceptors (Lipinski definition) is 6. The Kier molecular flexibility index (Phi) is 7.87. The maximum Gasteiger partial charge on any atom is 0.326 e. The molecule has 2 saturated heterocycles. The number of imide groups is 1. The first-order valence-electron chi connectivity index (χ1n) is 11.9. The van der Waals surface area contributed by atoms with E-state index >= 15 is 0 Å². The molecule has 2 aromatic rings. The Balaban J connectivity index is 1.15. The first-order chi connectivity index (χ1) is 16.8. The molecule has 0 unspecified atom stereocenters. The lowest BCUT2D eigenvalue weighted by atomic mass is 9.92. The summed E-state index contributed by atoms with van der Waals surface area (Å²) >= 11 is 0. The van der Waals surface area contributed by atoms with E-state index in [0.29, 0.717) is 38.2 Å². The van der Waals surface area contributed by atoms with Crippen molar-refractivity contribution in [3.8, 4) is 11.5 Å². The number of hydrogen-bond donors (Lipinski definition) is 1. The number of nitrogens with zero attached hydrogens (tertiary/aromatic N) is 3. The van der Waals surface area contributed by atoms with E-state index in [2.05, 4.69) is 4.90 Å². The van der Waals surface area contributed by atoms with Gasteiger partial charge in [-0.2, -0.15) is 0 Å². The third kappa shape index (κ3) is 6.70. The van der Waals surface area contributed by atoms with Gasteiger partial charge in [-0.05, 0) is 61.2 Å². The van der Waals surface area contributed by atoms with Gasteiger partial charge in [0.25, 0.3) is 0 Å². The van der Waals surface area contributed by atoms with Crippen LogP contribution in [0.15, 0.2) is 48.5 Å². The van der Waals surface area contributed by atoms with Crippen molar-refractivity contribution < 1.29 is 28.6 Å². The second-order valence-electron chi connectivity index (χ2n) is 9.27. The molecule has 4 rings (SSSR count). The van der Waals surface area contributed by atoms with Gasteiger partial charge in [0.2, 0.25) is 5.91 Å². The van der Waals surface area contributed by atoms with Crippen molar-refractivity contribution in [3.05, 3.63) is 59.9 Å². The summed E-state index contributed by atoms with van der Waals surface area (Å²) < 4.78 is 24.4. The topological polar surface area (TPSA) is 82.6 Å². The van der Waals surface area contributed by atoms with Crippen LogP contribution in [0.3, 0.4) is 0 Å². The highest BCUT2D eigenvalue weighted by atomic mass is 19.1. The van der Waals surface area contributed by atoms with Crippen LogP contribution >= 0.6 is 0 Å². The lowest BCUT2D eigenvalue weighted by molar-refractivity contribution is -0.125. The van der Waals surface area contributed by atoms with Gasteiger partial charge in [-0.1, -0.05) is 12.1 Å². The van der Waals surface area contributed by atoms with Crippen LogP contribution in [0.4, 0.5) is 9.18 Å². The molecule has 35 heavy (non-hydrogen) atoms. The Morgan fingerprint density at radius 1 is 0.971 bits per heavy atom. The van der Waals surface area contributed by atoms with Crippen LogP contribution < -0.4 is 9.47 Å². The fourth-order valence-corrected chi connectivity index (χ4v) is 4.27. The molecular weight excluding hydrogens is 453 g/mol. The standard InChI is InChI=1S/C26H32FN3O5/c1-28-18-24(31)30(25(28)32)13-2-16-34-22-7-3-20(4-8-22)17-29-14-11-26(33,12-15-29)19-35-23-9-5-21(27)6-10-23/h3-10,33H,2,11-19H2,1H3. The van der Waals surface area contributed by atoms with Gasteiger partial charge >= 0.3 is 6.03 Å². The molecule has 0 spiro atoms. The summed E-state index contributed by atoms with van der Waals surface area (Å²) in [5, 5.41) is 10.8. The Hall–Kier alpha value is -3.17. The maximum absolute atomic E-state index is 13.0. The van der Waals surface area contributed by atoms with Crippen molar-refractivity contribution in [1.82, 2.24) is 14.7 Å². The molecule has 0 aliphatic carbocycles. The maximum atomic E-state index is 13.0. The summed E-state index contributed by atoms with van der Waals surface area (Å²) in [6, 6.07) is 13.5. The SMILES string of the molecule is CN1CC(=O)N(CCCOc2ccc(CN3CCC(O)(COc4ccc(F)cc4)CC3)cc2)C1=O. The van der Waals surface area contributed by atoms with Crippen molar-refractivity contribution in [3.63, 3.8) is 0 Å². The largest absolute Gasteiger partial charge is 0.494 e. The van der Waals surface area contributed by atoms with Gasteiger partial charge in [0.15, 0.2) is 0 Å². The summed E-state index contributed by atoms with van der Waals surface area (Å²) in [4.78, 5) is 28.6. The van der Waals surface area contributed by atoms with Crippen LogP contribution in [-0.4, -0.2) is 83.8 Å². The molecule has 8 nitrogen and oxygen atoms in total. The third-order valence-corrected chi connectivity index (χ3v) is 6.46. The number of halogens is 1. The highest BCUT2D eigenvalue weighted by Crippen LogP contribution is 2.25. The minimum atomic E-state index is -0.887. The molecule has 188 valence electrons. The first-order valence-corrected chi connectivity index (χ1v) is 11.9. The number of carbonyl (C=O) groups excluding carboxylic acids is 2. The number of likely N-dealkylation sites (tertiary alicyclic amines) is 1. The fourth-order valence-electron chi connectivity index (χ4n) is 4.27. The smallest absolute Gasteiger partial charge is 0.326 e. The zero-order chi connectivity index (χ0) is 24.8. The molecule has 2 fully saturated rings. The predicted octanol–water partition coefficient (Wildman–Crippen LogP) is 2.89. The average molecular weight is 486 g/mol. The van der Waals surface area contributed by atoms with Crippen molar-refractivity contribution in [1.29, 1.82) is 0 Å². The van der Waals surface area contributed by atoms with E-state index < -0.39 is 5.60 Å². The van der Waals surface area contributed by atoms with Crippen LogP contribution in [0.5, 0.6) is 11.5 Å². The molecule has 9 heteroatoms. The third-order valence-electron chi connectivity index (χ3n) is 6.46. The number of likely N-dealkylation sites (N-methyl/N-ethyl adjacent to an activating group) is 1. The minimum Gasteiger partial charge on any atom is -0.494 e. The Morgan fingerprint density at radius 3 is 2.23 bits per heavy atom. The van der Waals surface area contributed by atoms with Crippen molar-refractivity contribution in [2.75, 3.05) is 46.4 Å². The van der Waals surface area contributed by atoms with Crippen molar-refractivity contribution >= 4 is 11.9 Å². The van der Waals surface area contributed by atoms with Crippen molar-refractivity contribution in [2.24, 2.45) is 0 Å². The summed E-state index contributed by atoms with van der Waals surface area (Å²) in [5.74, 6) is 0.814. The van der Waals surface area contributed by atoms with Gasteiger partial charge in [0.1, 0.15) is 36.1 Å². The minimum absolute atomic E-state index is 0.140. The summed E-state index contributed by atoms with van der Waals surface area (Å²) in [6.07, 6.45) is 1.79. The molecule has 1 N–H and O–H groups in total. The number of carbonyl (C=O) groups is 2. The van der Waals surface area contributed by atoms with Crippen LogP contribution in [0.1, 0.15) is 24.8 Å². The van der Waals surface area contributed by atoms with Gasteiger partial charge in [-0.3, -0.25) is 14.6 Å². The zero-order valence-electron chi connectivity index (χ0n) is 20.0. The lowest BCUT2D eigenvalue weighted by Gasteiger charge is -2.38. The molecule has 2 aliphatic heterocycles. The Bertz CT molecular complexity index is 1010. The van der Waals surface area contributed by atoms with E-state index in [9.17, 15) is 19.1 Å². The predicted molar refractivity (Wildman–Crippen MR) is 128 cm³/mol. The molecule has 2 aromatic carbocycles. The first kappa shape index (κ1) is 24.9. The zero-order valence-corrected chi connectivity index (χ0v) is 20.0. The van der Waals surface area contributed by atoms with Gasteiger partial charge in [0.05, 0.1) is 6.61 Å². The molecule has 2 aliphatic rings. The summed E-state index contributed by atoms with van der Waals surface area (Å²) in [7, 11) is 1.62. The highest BCUT2D eigenvalue weighted by Gasteiger charge is 2.34. The van der Waals surface area contributed by atoms with Crippen molar-refractivity contribution in [2.45, 2.75) is 31.4 Å². The number of amides is 3. The highest BCUT2D eigenvalue weighted by molar-refractivity contribution is 6.01. The Labute approximate surface area is 204 Å². The Morgan fingerprint density at radius 2 is 1.60 bits per heavy atom. The molecule has 0 saturated carbocycles. The van der Waals surface area contributed by atoms with E-state index in [4.69, 9.17) is 9.47 Å². The number of ether oxygens (including phenoxy) is 2. The summed E-state index contributed by atoms with van der Waals surface area (Å²) in [5.41, 5.74) is 0.268. The van der Waals surface area contributed by atoms with E-state index in [1.165, 1.54) is 21.9 Å². The fraction of sp³-hybridized carbons (Fsp3) is 0.462. The van der Waals surface area contributed by atoms with Gasteiger partial charge in [-0.25, -0.2) is 9.18 Å². The molecule has 0 radical (unpaired) electrons. The van der Waals surface area contributed by atoms with Crippen LogP contribution in [0.25, 0.3) is 0 Å². The number of benzene rings is 2. The van der Waals surface area contributed by atoms with Crippen LogP contribution in [0, 0.1) is 5.82 Å². The van der Waals surface area contributed by atoms with Gasteiger partial charge in [0, 0.05) is 33.2 Å². The second-order valence-corrected chi connectivity index (χ2v) is 9.27. The lowest BCUT2D eigenvalue weighted by Crippen LogP contribution is -2.47. The number of aliphatic hydroxyl groups is 1. The van der Waals surface area contributed by atoms with E-state index in [-0.39, 0.29) is 30.9 Å². The number of rotatable bonds is 10. The molecule has 0 bridgehead atoms. The second kappa shape index (κ2) is 11.0. The van der Waals surface area contributed by atoms with E-state index in [1.54, 1.807) is 19.2 Å². The molecule has 3 amide bonds. The monoisotopic (exact) mass is 485 g/mol. The quantitative estimate of drug-likeness (QED) is 0.412. The normalized spacial score (nSPS) is 18.3. The van der Waals surface area contributed by atoms with Crippen LogP contribution in [-0.2, 0) is 11.3 Å². The molecule has 0 aromatic heterocycles. The molecular formula is C26H32FN3O5. The van der Waals surface area contributed by atoms with Gasteiger partial charge in [-0.15, -0.1) is 0 Å². The number of urea groups is 1. The molecule has 2 heterocycles. The van der Waals surface area contributed by atoms with E-state index in [1.807, 2.05) is 24.3 Å². The molecule has 0 atom stereocenters. The van der Waals surface area contributed by atoms with Crippen LogP contribution in [0.2, 0.25) is 0 Å². The number of piperidine rings is 1. The van der Waals surface area contributed by atoms with Gasteiger partial charge < -0.3 is 19.5 Å². The summed E-state index contributed by atoms with van der Waals surface area (Å²) in [6.45, 7) is 3.40. The van der Waals surface area contributed by atoms with E-state index in [0.717, 1.165) is 30.9 Å².